The summed E-state index contributed by atoms with van der Waals surface area (Å²) in [5.41, 5.74) is -0.960. The van der Waals surface area contributed by atoms with E-state index in [0.29, 0.717) is 12.3 Å². The van der Waals surface area contributed by atoms with E-state index in [-0.39, 0.29) is 12.5 Å². The first kappa shape index (κ1) is 15.5. The summed E-state index contributed by atoms with van der Waals surface area (Å²) in [6.45, 7) is 0.686. The molecule has 0 radical (unpaired) electrons. The van der Waals surface area contributed by atoms with Crippen LogP contribution in [0.4, 0.5) is 19.1 Å². The molecule has 0 fully saturated rings. The number of rotatable bonds is 5. The number of alkyl halides is 3. The summed E-state index contributed by atoms with van der Waals surface area (Å²) in [7, 11) is 0. The molecule has 0 unspecified atom stereocenters. The van der Waals surface area contributed by atoms with E-state index in [2.05, 4.69) is 9.97 Å². The Balaban J connectivity index is 1.90. The van der Waals surface area contributed by atoms with Gasteiger partial charge in [0.05, 0.1) is 19.4 Å². The topological polar surface area (TPSA) is 42.2 Å². The van der Waals surface area contributed by atoms with Crippen molar-refractivity contribution >= 4 is 17.3 Å². The monoisotopic (exact) mass is 339 g/mol. The number of aromatic nitrogens is 2. The van der Waals surface area contributed by atoms with Crippen LogP contribution in [0.5, 0.6) is 0 Å². The Kier molecular flexibility index (Phi) is 4.33. The summed E-state index contributed by atoms with van der Waals surface area (Å²) in [6.07, 6.45) is -1.86. The molecular weight excluding hydrogens is 327 g/mol. The minimum atomic E-state index is -4.50. The summed E-state index contributed by atoms with van der Waals surface area (Å²) in [6, 6.07) is 8.14. The Morgan fingerprint density at radius 2 is 2.00 bits per heavy atom. The van der Waals surface area contributed by atoms with Gasteiger partial charge in [0.1, 0.15) is 11.5 Å². The van der Waals surface area contributed by atoms with Crippen LogP contribution in [0.1, 0.15) is 16.3 Å². The summed E-state index contributed by atoms with van der Waals surface area (Å²) in [5.74, 6) is 0.646. The highest BCUT2D eigenvalue weighted by Crippen LogP contribution is 2.29. The van der Waals surface area contributed by atoms with E-state index in [1.54, 1.807) is 17.0 Å². The molecule has 3 aromatic rings. The van der Waals surface area contributed by atoms with Gasteiger partial charge in [-0.3, -0.25) is 0 Å². The molecule has 0 aliphatic carbocycles. The largest absolute Gasteiger partial charge is 0.467 e. The van der Waals surface area contributed by atoms with E-state index in [9.17, 15) is 13.2 Å². The fourth-order valence-electron chi connectivity index (χ4n) is 2.04. The van der Waals surface area contributed by atoms with E-state index in [0.717, 1.165) is 17.1 Å². The van der Waals surface area contributed by atoms with Crippen molar-refractivity contribution in [2.75, 3.05) is 4.90 Å². The lowest BCUT2D eigenvalue weighted by molar-refractivity contribution is -0.141. The standard InChI is InChI=1S/C15H12F3N3OS/c16-15(17,18)13-5-6-19-14(20-13)21(9-11-3-1-7-22-11)10-12-4-2-8-23-12/h1-8H,9-10H2. The van der Waals surface area contributed by atoms with Crippen LogP contribution in [0.25, 0.3) is 0 Å². The number of nitrogens with zero attached hydrogens (tertiary/aromatic N) is 3. The molecular formula is C15H12F3N3OS. The highest BCUT2D eigenvalue weighted by molar-refractivity contribution is 7.09. The lowest BCUT2D eigenvalue weighted by Gasteiger charge is -2.21. The molecule has 0 aliphatic heterocycles. The van der Waals surface area contributed by atoms with Gasteiger partial charge < -0.3 is 9.32 Å². The van der Waals surface area contributed by atoms with Gasteiger partial charge in [-0.2, -0.15) is 13.2 Å². The maximum atomic E-state index is 12.9. The molecule has 0 bridgehead atoms. The van der Waals surface area contributed by atoms with E-state index in [4.69, 9.17) is 4.42 Å². The fourth-order valence-corrected chi connectivity index (χ4v) is 2.76. The zero-order chi connectivity index (χ0) is 16.3. The zero-order valence-electron chi connectivity index (χ0n) is 11.8. The van der Waals surface area contributed by atoms with Crippen molar-refractivity contribution in [1.29, 1.82) is 0 Å². The number of hydrogen-bond acceptors (Lipinski definition) is 5. The third-order valence-electron chi connectivity index (χ3n) is 3.07. The van der Waals surface area contributed by atoms with Crippen molar-refractivity contribution in [3.63, 3.8) is 0 Å². The molecule has 3 rings (SSSR count). The van der Waals surface area contributed by atoms with Gasteiger partial charge in [0.2, 0.25) is 5.95 Å². The fraction of sp³-hybridized carbons (Fsp3) is 0.200. The van der Waals surface area contributed by atoms with Crippen LogP contribution in [0, 0.1) is 0 Å². The van der Waals surface area contributed by atoms with Gasteiger partial charge >= 0.3 is 6.18 Å². The predicted molar refractivity (Wildman–Crippen MR) is 79.9 cm³/mol. The highest BCUT2D eigenvalue weighted by Gasteiger charge is 2.33. The van der Waals surface area contributed by atoms with E-state index in [1.165, 1.54) is 17.6 Å². The molecule has 0 saturated heterocycles. The Labute approximate surface area is 134 Å². The molecule has 4 nitrogen and oxygen atoms in total. The maximum Gasteiger partial charge on any atom is 0.433 e. The molecule has 120 valence electrons. The molecule has 8 heteroatoms. The van der Waals surface area contributed by atoms with Crippen LogP contribution in [-0.2, 0) is 19.3 Å². The van der Waals surface area contributed by atoms with E-state index >= 15 is 0 Å². The third-order valence-corrected chi connectivity index (χ3v) is 3.93. The first-order valence-corrected chi connectivity index (χ1v) is 7.60. The molecule has 0 amide bonds. The average Bonchev–Trinajstić information content (AvgIpc) is 3.19. The van der Waals surface area contributed by atoms with Crippen LogP contribution in [0.15, 0.2) is 52.6 Å². The Bertz CT molecular complexity index is 705. The smallest absolute Gasteiger partial charge is 0.433 e. The van der Waals surface area contributed by atoms with Crippen molar-refractivity contribution in [3.8, 4) is 0 Å². The minimum absolute atomic E-state index is 0.0182. The van der Waals surface area contributed by atoms with Gasteiger partial charge in [-0.05, 0) is 29.6 Å². The molecule has 0 N–H and O–H groups in total. The molecule has 0 aliphatic rings. The van der Waals surface area contributed by atoms with Crippen LogP contribution >= 0.6 is 11.3 Å². The molecule has 0 saturated carbocycles. The Morgan fingerprint density at radius 3 is 2.65 bits per heavy atom. The number of halogens is 3. The molecule has 23 heavy (non-hydrogen) atoms. The van der Waals surface area contributed by atoms with Crippen molar-refractivity contribution in [1.82, 2.24) is 9.97 Å². The molecule has 0 aromatic carbocycles. The maximum absolute atomic E-state index is 12.9. The zero-order valence-corrected chi connectivity index (χ0v) is 12.6. The van der Waals surface area contributed by atoms with Gasteiger partial charge in [0.15, 0.2) is 0 Å². The molecule has 0 atom stereocenters. The summed E-state index contributed by atoms with van der Waals surface area (Å²) in [5, 5.41) is 1.91. The number of hydrogen-bond donors (Lipinski definition) is 0. The van der Waals surface area contributed by atoms with Crippen molar-refractivity contribution < 1.29 is 17.6 Å². The third kappa shape index (κ3) is 3.89. The van der Waals surface area contributed by atoms with Gasteiger partial charge in [0.25, 0.3) is 0 Å². The lowest BCUT2D eigenvalue weighted by Crippen LogP contribution is -2.24. The van der Waals surface area contributed by atoms with Gasteiger partial charge in [-0.1, -0.05) is 6.07 Å². The van der Waals surface area contributed by atoms with Crippen molar-refractivity contribution in [3.05, 3.63) is 64.5 Å². The minimum Gasteiger partial charge on any atom is -0.467 e. The lowest BCUT2D eigenvalue weighted by atomic mass is 10.3. The SMILES string of the molecule is FC(F)(F)c1ccnc(N(Cc2ccco2)Cc2cccs2)n1. The second kappa shape index (κ2) is 6.41. The Hall–Kier alpha value is -2.35. The van der Waals surface area contributed by atoms with E-state index < -0.39 is 11.9 Å². The highest BCUT2D eigenvalue weighted by atomic mass is 32.1. The van der Waals surface area contributed by atoms with Crippen molar-refractivity contribution in [2.24, 2.45) is 0 Å². The van der Waals surface area contributed by atoms with Gasteiger partial charge in [-0.15, -0.1) is 11.3 Å². The van der Waals surface area contributed by atoms with Gasteiger partial charge in [-0.25, -0.2) is 9.97 Å². The van der Waals surface area contributed by atoms with Crippen molar-refractivity contribution in [2.45, 2.75) is 19.3 Å². The van der Waals surface area contributed by atoms with Crippen LogP contribution in [-0.4, -0.2) is 9.97 Å². The quantitative estimate of drug-likeness (QED) is 0.693. The normalized spacial score (nSPS) is 11.6. The van der Waals surface area contributed by atoms with Crippen LogP contribution < -0.4 is 4.90 Å². The Morgan fingerprint density at radius 1 is 1.13 bits per heavy atom. The first-order valence-electron chi connectivity index (χ1n) is 6.72. The summed E-state index contributed by atoms with van der Waals surface area (Å²) >= 11 is 1.52. The van der Waals surface area contributed by atoms with E-state index in [1.807, 2.05) is 17.5 Å². The second-order valence-corrected chi connectivity index (χ2v) is 5.79. The van der Waals surface area contributed by atoms with Gasteiger partial charge in [0, 0.05) is 11.1 Å². The van der Waals surface area contributed by atoms with Crippen LogP contribution in [0.2, 0.25) is 0 Å². The summed E-state index contributed by atoms with van der Waals surface area (Å²) < 4.78 is 43.9. The number of furan rings is 1. The number of thiophene rings is 1. The first-order chi connectivity index (χ1) is 11.0. The second-order valence-electron chi connectivity index (χ2n) is 4.75. The van der Waals surface area contributed by atoms with Crippen LogP contribution in [0.3, 0.4) is 0 Å². The summed E-state index contributed by atoms with van der Waals surface area (Å²) in [4.78, 5) is 10.3. The number of anilines is 1. The average molecular weight is 339 g/mol. The molecule has 0 spiro atoms. The molecule has 3 aromatic heterocycles. The predicted octanol–water partition coefficient (Wildman–Crippen LogP) is 4.36. The molecule has 3 heterocycles.